The smallest absolute Gasteiger partial charge is 0.264 e. The molecule has 3 rings (SSSR count). The molecule has 12 heteroatoms. The Labute approximate surface area is 249 Å². The lowest BCUT2D eigenvalue weighted by molar-refractivity contribution is -0.140. The molecule has 8 nitrogen and oxygen atoms in total. The van der Waals surface area contributed by atoms with E-state index in [1.165, 1.54) is 42.3 Å². The van der Waals surface area contributed by atoms with Crippen molar-refractivity contribution in [1.82, 2.24) is 10.2 Å². The molecule has 0 unspecified atom stereocenters. The van der Waals surface area contributed by atoms with Crippen LogP contribution in [-0.2, 0) is 26.2 Å². The number of hydrogen-bond donors (Lipinski definition) is 1. The van der Waals surface area contributed by atoms with Crippen LogP contribution in [0.25, 0.3) is 0 Å². The number of sulfonamides is 1. The predicted octanol–water partition coefficient (Wildman–Crippen LogP) is 5.79. The van der Waals surface area contributed by atoms with Crippen LogP contribution < -0.4 is 14.4 Å². The Morgan fingerprint density at radius 2 is 1.65 bits per heavy atom. The minimum absolute atomic E-state index is 0.00265. The molecule has 0 aromatic heterocycles. The van der Waals surface area contributed by atoms with Gasteiger partial charge in [-0.25, -0.2) is 8.42 Å². The number of ether oxygens (including phenoxy) is 1. The third-order valence-corrected chi connectivity index (χ3v) is 8.86. The zero-order chi connectivity index (χ0) is 29.4. The van der Waals surface area contributed by atoms with Gasteiger partial charge in [0.1, 0.15) is 18.3 Å². The van der Waals surface area contributed by atoms with Crippen LogP contribution in [0, 0.1) is 0 Å². The van der Waals surface area contributed by atoms with Gasteiger partial charge >= 0.3 is 0 Å². The van der Waals surface area contributed by atoms with Crippen molar-refractivity contribution in [2.45, 2.75) is 37.8 Å². The van der Waals surface area contributed by atoms with E-state index < -0.39 is 28.5 Å². The Bertz CT molecular complexity index is 1450. The number of halogens is 3. The highest BCUT2D eigenvalue weighted by molar-refractivity contribution is 7.92. The molecule has 0 saturated carbocycles. The molecule has 2 amide bonds. The fourth-order valence-corrected chi connectivity index (χ4v) is 5.99. The summed E-state index contributed by atoms with van der Waals surface area (Å²) in [6.45, 7) is 3.32. The van der Waals surface area contributed by atoms with E-state index >= 15 is 0 Å². The zero-order valence-corrected chi connectivity index (χ0v) is 25.3. The average Bonchev–Trinajstić information content (AvgIpc) is 2.93. The minimum atomic E-state index is -4.24. The monoisotopic (exact) mass is 625 g/mol. The fraction of sp³-hybridized carbons (Fsp3) is 0.286. The molecule has 0 aliphatic heterocycles. The molecule has 1 N–H and O–H groups in total. The topological polar surface area (TPSA) is 96.0 Å². The number of benzene rings is 3. The number of carbonyl (C=O) groups is 2. The Hall–Kier alpha value is -2.98. The van der Waals surface area contributed by atoms with Gasteiger partial charge in [-0.1, -0.05) is 53.9 Å². The third-order valence-electron chi connectivity index (χ3n) is 6.10. The molecule has 40 heavy (non-hydrogen) atoms. The zero-order valence-electron chi connectivity index (χ0n) is 22.2. The van der Waals surface area contributed by atoms with Gasteiger partial charge in [-0.15, -0.1) is 0 Å². The van der Waals surface area contributed by atoms with Crippen LogP contribution in [0.2, 0.25) is 15.1 Å². The minimum Gasteiger partial charge on any atom is -0.497 e. The largest absolute Gasteiger partial charge is 0.497 e. The van der Waals surface area contributed by atoms with Gasteiger partial charge in [0, 0.05) is 18.1 Å². The highest BCUT2D eigenvalue weighted by Crippen LogP contribution is 2.29. The van der Waals surface area contributed by atoms with Gasteiger partial charge in [0.15, 0.2) is 0 Å². The fourth-order valence-electron chi connectivity index (χ4n) is 4.08. The van der Waals surface area contributed by atoms with Crippen molar-refractivity contribution < 1.29 is 22.7 Å². The van der Waals surface area contributed by atoms with Gasteiger partial charge in [-0.3, -0.25) is 13.9 Å². The maximum Gasteiger partial charge on any atom is 0.264 e. The Balaban J connectivity index is 2.07. The molecule has 0 saturated heterocycles. The molecule has 1 atom stereocenters. The maximum atomic E-state index is 14.0. The standard InChI is InChI=1S/C28H30Cl3N3O5S/c1-4-26(28(36)32-5-2)33(17-19-9-14-24(30)25(31)15-19)27(35)18-34(21-8-6-7-20(29)16-21)40(37,38)23-12-10-22(39-3)11-13-23/h6-16,26H,4-5,17-18H2,1-3H3,(H,32,36)/t26-/m0/s1. The van der Waals surface area contributed by atoms with Gasteiger partial charge in [0.2, 0.25) is 11.8 Å². The second-order valence-corrected chi connectivity index (χ2v) is 11.9. The summed E-state index contributed by atoms with van der Waals surface area (Å²) in [6, 6.07) is 16.1. The first-order valence-corrected chi connectivity index (χ1v) is 15.0. The van der Waals surface area contributed by atoms with Crippen molar-refractivity contribution in [1.29, 1.82) is 0 Å². The van der Waals surface area contributed by atoms with Crippen molar-refractivity contribution in [3.63, 3.8) is 0 Å². The molecule has 0 spiro atoms. The van der Waals surface area contributed by atoms with E-state index in [4.69, 9.17) is 39.5 Å². The summed E-state index contributed by atoms with van der Waals surface area (Å²) >= 11 is 18.5. The lowest BCUT2D eigenvalue weighted by atomic mass is 10.1. The van der Waals surface area contributed by atoms with Crippen LogP contribution in [0.1, 0.15) is 25.8 Å². The van der Waals surface area contributed by atoms with E-state index in [-0.39, 0.29) is 23.0 Å². The number of nitrogens with one attached hydrogen (secondary N) is 1. The normalized spacial score (nSPS) is 11.9. The van der Waals surface area contributed by atoms with E-state index in [0.29, 0.717) is 39.3 Å². The summed E-state index contributed by atoms with van der Waals surface area (Å²) in [6.07, 6.45) is 0.293. The SMILES string of the molecule is CCNC(=O)[C@H](CC)N(Cc1ccc(Cl)c(Cl)c1)C(=O)CN(c1cccc(Cl)c1)S(=O)(=O)c1ccc(OC)cc1. The molecule has 0 heterocycles. The third kappa shape index (κ3) is 7.60. The van der Waals surface area contributed by atoms with Gasteiger partial charge < -0.3 is 15.0 Å². The van der Waals surface area contributed by atoms with E-state index in [2.05, 4.69) is 5.32 Å². The summed E-state index contributed by atoms with van der Waals surface area (Å²) in [7, 11) is -2.77. The van der Waals surface area contributed by atoms with Gasteiger partial charge in [0.25, 0.3) is 10.0 Å². The molecule has 0 aliphatic carbocycles. The van der Waals surface area contributed by atoms with Gasteiger partial charge in [-0.05, 0) is 73.5 Å². The van der Waals surface area contributed by atoms with Crippen molar-refractivity contribution in [2.24, 2.45) is 0 Å². The van der Waals surface area contributed by atoms with E-state index in [1.807, 2.05) is 0 Å². The summed E-state index contributed by atoms with van der Waals surface area (Å²) < 4.78 is 33.9. The first kappa shape index (κ1) is 31.5. The molecule has 0 bridgehead atoms. The van der Waals surface area contributed by atoms with Crippen molar-refractivity contribution in [3.8, 4) is 5.75 Å². The van der Waals surface area contributed by atoms with E-state index in [1.54, 1.807) is 50.2 Å². The molecule has 3 aromatic carbocycles. The highest BCUT2D eigenvalue weighted by atomic mass is 35.5. The Morgan fingerprint density at radius 1 is 0.950 bits per heavy atom. The molecular formula is C28H30Cl3N3O5S. The molecule has 0 fully saturated rings. The van der Waals surface area contributed by atoms with Crippen LogP contribution in [0.3, 0.4) is 0 Å². The van der Waals surface area contributed by atoms with Crippen LogP contribution in [-0.4, -0.2) is 51.4 Å². The number of hydrogen-bond acceptors (Lipinski definition) is 5. The van der Waals surface area contributed by atoms with E-state index in [0.717, 1.165) is 4.31 Å². The summed E-state index contributed by atoms with van der Waals surface area (Å²) in [5.41, 5.74) is 0.815. The van der Waals surface area contributed by atoms with Gasteiger partial charge in [0.05, 0.1) is 27.7 Å². The number of carbonyl (C=O) groups excluding carboxylic acids is 2. The first-order chi connectivity index (χ1) is 19.0. The summed E-state index contributed by atoms with van der Waals surface area (Å²) in [5, 5.41) is 3.69. The molecule has 3 aromatic rings. The molecular weight excluding hydrogens is 597 g/mol. The number of anilines is 1. The average molecular weight is 627 g/mol. The van der Waals surface area contributed by atoms with E-state index in [9.17, 15) is 18.0 Å². The van der Waals surface area contributed by atoms with Crippen molar-refractivity contribution >= 4 is 62.3 Å². The maximum absolute atomic E-state index is 14.0. The molecule has 0 aliphatic rings. The summed E-state index contributed by atoms with van der Waals surface area (Å²) in [4.78, 5) is 28.3. The Kier molecular flexibility index (Phi) is 11.1. The number of amides is 2. The molecule has 214 valence electrons. The van der Waals surface area contributed by atoms with Crippen LogP contribution >= 0.6 is 34.8 Å². The first-order valence-electron chi connectivity index (χ1n) is 12.4. The van der Waals surface area contributed by atoms with Crippen molar-refractivity contribution in [2.75, 3.05) is 24.5 Å². The lowest BCUT2D eigenvalue weighted by Gasteiger charge is -2.33. The number of methoxy groups -OCH3 is 1. The highest BCUT2D eigenvalue weighted by Gasteiger charge is 2.33. The van der Waals surface area contributed by atoms with Crippen LogP contribution in [0.15, 0.2) is 71.6 Å². The number of likely N-dealkylation sites (N-methyl/N-ethyl adjacent to an activating group) is 1. The quantitative estimate of drug-likeness (QED) is 0.274. The Morgan fingerprint density at radius 3 is 2.23 bits per heavy atom. The molecule has 0 radical (unpaired) electrons. The second kappa shape index (κ2) is 14.1. The van der Waals surface area contributed by atoms with Gasteiger partial charge in [-0.2, -0.15) is 0 Å². The summed E-state index contributed by atoms with van der Waals surface area (Å²) in [5.74, 6) is -0.475. The van der Waals surface area contributed by atoms with Crippen LogP contribution in [0.4, 0.5) is 5.69 Å². The predicted molar refractivity (Wildman–Crippen MR) is 159 cm³/mol. The second-order valence-electron chi connectivity index (χ2n) is 8.76. The van der Waals surface area contributed by atoms with Crippen molar-refractivity contribution in [3.05, 3.63) is 87.4 Å². The number of nitrogens with zero attached hydrogens (tertiary/aromatic N) is 2. The van der Waals surface area contributed by atoms with Crippen LogP contribution in [0.5, 0.6) is 5.75 Å². The number of rotatable bonds is 12. The lowest BCUT2D eigenvalue weighted by Crippen LogP contribution is -2.52.